The molecule has 0 aliphatic carbocycles. The van der Waals surface area contributed by atoms with Gasteiger partial charge >= 0.3 is 0 Å². The molecule has 1 atom stereocenters. The first-order valence-corrected chi connectivity index (χ1v) is 6.59. The molecule has 1 saturated heterocycles. The van der Waals surface area contributed by atoms with Gasteiger partial charge in [0, 0.05) is 29.6 Å². The molecule has 1 aromatic carbocycles. The van der Waals surface area contributed by atoms with Gasteiger partial charge in [0.1, 0.15) is 12.4 Å². The molecule has 0 saturated carbocycles. The molecular weight excluding hydrogens is 236 g/mol. The molecular formula is C13H15ClN2O. The number of halogens is 1. The summed E-state index contributed by atoms with van der Waals surface area (Å²) in [7, 11) is 0. The van der Waals surface area contributed by atoms with E-state index < -0.39 is 0 Å². The van der Waals surface area contributed by atoms with Crippen molar-refractivity contribution in [1.82, 2.24) is 5.32 Å². The van der Waals surface area contributed by atoms with E-state index in [0.29, 0.717) is 0 Å². The second kappa shape index (κ2) is 3.30. The van der Waals surface area contributed by atoms with Crippen LogP contribution in [0.3, 0.4) is 0 Å². The van der Waals surface area contributed by atoms with Crippen LogP contribution in [-0.2, 0) is 5.41 Å². The Bertz CT molecular complexity index is 483. The van der Waals surface area contributed by atoms with Gasteiger partial charge in [0.05, 0.1) is 12.2 Å². The summed E-state index contributed by atoms with van der Waals surface area (Å²) in [4.78, 5) is 2.47. The zero-order valence-corrected chi connectivity index (χ0v) is 10.4. The van der Waals surface area contributed by atoms with Crippen LogP contribution in [0.4, 0.5) is 5.69 Å². The van der Waals surface area contributed by atoms with E-state index >= 15 is 0 Å². The second-order valence-electron chi connectivity index (χ2n) is 5.28. The summed E-state index contributed by atoms with van der Waals surface area (Å²) < 4.78 is 5.75. The number of hydrogen-bond donors (Lipinski definition) is 1. The highest BCUT2D eigenvalue weighted by Gasteiger charge is 2.47. The average Bonchev–Trinajstić information content (AvgIpc) is 2.88. The van der Waals surface area contributed by atoms with Crippen molar-refractivity contribution < 1.29 is 4.74 Å². The summed E-state index contributed by atoms with van der Waals surface area (Å²) in [5, 5.41) is 4.29. The van der Waals surface area contributed by atoms with Gasteiger partial charge in [-0.3, -0.25) is 0 Å². The minimum absolute atomic E-state index is 0.267. The number of rotatable bonds is 0. The lowest BCUT2D eigenvalue weighted by Gasteiger charge is -2.28. The average molecular weight is 251 g/mol. The molecule has 17 heavy (non-hydrogen) atoms. The zero-order chi connectivity index (χ0) is 11.5. The van der Waals surface area contributed by atoms with E-state index in [1.165, 1.54) is 17.7 Å². The maximum atomic E-state index is 6.22. The molecule has 0 radical (unpaired) electrons. The molecule has 1 unspecified atom stereocenters. The van der Waals surface area contributed by atoms with Gasteiger partial charge in [0.15, 0.2) is 0 Å². The van der Waals surface area contributed by atoms with Gasteiger partial charge in [-0.05, 0) is 24.6 Å². The SMILES string of the molecule is Clc1cc2c3c(c1)C1(CCNC1)CN3CCO2. The van der Waals surface area contributed by atoms with Crippen LogP contribution in [0.15, 0.2) is 12.1 Å². The van der Waals surface area contributed by atoms with Crippen molar-refractivity contribution in [2.24, 2.45) is 0 Å². The number of benzene rings is 1. The van der Waals surface area contributed by atoms with Gasteiger partial charge in [0.2, 0.25) is 0 Å². The maximum Gasteiger partial charge on any atom is 0.144 e. The summed E-state index contributed by atoms with van der Waals surface area (Å²) in [5.74, 6) is 0.975. The van der Waals surface area contributed by atoms with Gasteiger partial charge in [-0.15, -0.1) is 0 Å². The molecule has 3 heterocycles. The highest BCUT2D eigenvalue weighted by atomic mass is 35.5. The Labute approximate surface area is 106 Å². The third-order valence-electron chi connectivity index (χ3n) is 4.28. The number of nitrogens with one attached hydrogen (secondary N) is 1. The molecule has 0 amide bonds. The molecule has 4 rings (SSSR count). The van der Waals surface area contributed by atoms with Gasteiger partial charge in [-0.1, -0.05) is 11.6 Å². The summed E-state index contributed by atoms with van der Waals surface area (Å²) in [6.07, 6.45) is 1.20. The molecule has 1 fully saturated rings. The van der Waals surface area contributed by atoms with E-state index in [4.69, 9.17) is 16.3 Å². The fraction of sp³-hybridized carbons (Fsp3) is 0.538. The first kappa shape index (κ1) is 10.0. The highest BCUT2D eigenvalue weighted by molar-refractivity contribution is 6.31. The molecule has 1 N–H and O–H groups in total. The van der Waals surface area contributed by atoms with Crippen molar-refractivity contribution in [3.63, 3.8) is 0 Å². The van der Waals surface area contributed by atoms with E-state index in [2.05, 4.69) is 16.3 Å². The van der Waals surface area contributed by atoms with Crippen LogP contribution in [0.5, 0.6) is 5.75 Å². The van der Waals surface area contributed by atoms with Crippen LogP contribution in [0.25, 0.3) is 0 Å². The number of anilines is 1. The van der Waals surface area contributed by atoms with E-state index in [1.54, 1.807) is 0 Å². The van der Waals surface area contributed by atoms with Crippen molar-refractivity contribution in [2.75, 3.05) is 37.7 Å². The summed E-state index contributed by atoms with van der Waals surface area (Å²) >= 11 is 6.22. The van der Waals surface area contributed by atoms with Crippen LogP contribution in [0.1, 0.15) is 12.0 Å². The molecule has 0 aromatic heterocycles. The third kappa shape index (κ3) is 1.27. The predicted octanol–water partition coefficient (Wildman–Crippen LogP) is 1.78. The lowest BCUT2D eigenvalue weighted by atomic mass is 9.81. The Morgan fingerprint density at radius 1 is 1.41 bits per heavy atom. The van der Waals surface area contributed by atoms with Crippen molar-refractivity contribution in [2.45, 2.75) is 11.8 Å². The van der Waals surface area contributed by atoms with Gasteiger partial charge in [-0.25, -0.2) is 0 Å². The standard InChI is InChI=1S/C13H15ClN2O/c14-9-5-10-12-11(6-9)17-4-3-16(12)8-13(10)1-2-15-7-13/h5-6,15H,1-4,7-8H2. The molecule has 3 aliphatic heterocycles. The maximum absolute atomic E-state index is 6.22. The van der Waals surface area contributed by atoms with Crippen LogP contribution >= 0.6 is 11.6 Å². The predicted molar refractivity (Wildman–Crippen MR) is 68.3 cm³/mol. The smallest absolute Gasteiger partial charge is 0.144 e. The fourth-order valence-corrected chi connectivity index (χ4v) is 3.72. The third-order valence-corrected chi connectivity index (χ3v) is 4.50. The molecule has 1 spiro atoms. The topological polar surface area (TPSA) is 24.5 Å². The molecule has 0 bridgehead atoms. The Morgan fingerprint density at radius 2 is 2.35 bits per heavy atom. The van der Waals surface area contributed by atoms with Gasteiger partial charge in [-0.2, -0.15) is 0 Å². The largest absolute Gasteiger partial charge is 0.490 e. The lowest BCUT2D eigenvalue weighted by Crippen LogP contribution is -2.38. The summed E-state index contributed by atoms with van der Waals surface area (Å²) in [6.45, 7) is 5.07. The van der Waals surface area contributed by atoms with E-state index in [9.17, 15) is 0 Å². The molecule has 3 aliphatic rings. The van der Waals surface area contributed by atoms with Crippen molar-refractivity contribution in [1.29, 1.82) is 0 Å². The zero-order valence-electron chi connectivity index (χ0n) is 9.63. The number of hydrogen-bond acceptors (Lipinski definition) is 3. The molecule has 4 heteroatoms. The number of nitrogens with zero attached hydrogens (tertiary/aromatic N) is 1. The quantitative estimate of drug-likeness (QED) is 0.760. The van der Waals surface area contributed by atoms with E-state index in [1.807, 2.05) is 6.07 Å². The van der Waals surface area contributed by atoms with Crippen molar-refractivity contribution in [3.05, 3.63) is 22.7 Å². The molecule has 3 nitrogen and oxygen atoms in total. The number of fused-ring (bicyclic) bond motifs is 1. The van der Waals surface area contributed by atoms with Gasteiger partial charge in [0.25, 0.3) is 0 Å². The van der Waals surface area contributed by atoms with Crippen molar-refractivity contribution >= 4 is 17.3 Å². The normalized spacial score (nSPS) is 29.6. The minimum atomic E-state index is 0.267. The Hall–Kier alpha value is -0.930. The Kier molecular flexibility index (Phi) is 1.95. The van der Waals surface area contributed by atoms with E-state index in [0.717, 1.165) is 43.6 Å². The second-order valence-corrected chi connectivity index (χ2v) is 5.71. The highest BCUT2D eigenvalue weighted by Crippen LogP contribution is 2.51. The summed E-state index contributed by atoms with van der Waals surface area (Å²) in [6, 6.07) is 4.09. The van der Waals surface area contributed by atoms with Crippen LogP contribution in [0.2, 0.25) is 5.02 Å². The van der Waals surface area contributed by atoms with E-state index in [-0.39, 0.29) is 5.41 Å². The fourth-order valence-electron chi connectivity index (χ4n) is 3.51. The van der Waals surface area contributed by atoms with Crippen molar-refractivity contribution in [3.8, 4) is 5.75 Å². The lowest BCUT2D eigenvalue weighted by molar-refractivity contribution is 0.308. The van der Waals surface area contributed by atoms with Crippen LogP contribution in [-0.4, -0.2) is 32.8 Å². The first-order chi connectivity index (χ1) is 8.28. The Morgan fingerprint density at radius 3 is 3.18 bits per heavy atom. The monoisotopic (exact) mass is 250 g/mol. The van der Waals surface area contributed by atoms with Crippen LogP contribution in [0, 0.1) is 0 Å². The first-order valence-electron chi connectivity index (χ1n) is 6.21. The minimum Gasteiger partial charge on any atom is -0.490 e. The number of ether oxygens (including phenoxy) is 1. The summed E-state index contributed by atoms with van der Waals surface area (Å²) in [5.41, 5.74) is 2.96. The Balaban J connectivity index is 1.95. The van der Waals surface area contributed by atoms with Gasteiger partial charge < -0.3 is 15.0 Å². The molecule has 90 valence electrons. The van der Waals surface area contributed by atoms with Crippen LogP contribution < -0.4 is 15.0 Å². The molecule has 1 aromatic rings.